The lowest BCUT2D eigenvalue weighted by atomic mass is 9.82. The van der Waals surface area contributed by atoms with Crippen LogP contribution in [0.5, 0.6) is 0 Å². The van der Waals surface area contributed by atoms with Gasteiger partial charge >= 0.3 is 0 Å². The normalized spacial score (nSPS) is 14.2. The first-order valence-corrected chi connectivity index (χ1v) is 12.9. The average molecular weight is 467 g/mol. The molecule has 0 saturated carbocycles. The Morgan fingerprint density at radius 3 is 2.54 bits per heavy atom. The second kappa shape index (κ2) is 6.59. The fourth-order valence-electron chi connectivity index (χ4n) is 6.31. The van der Waals surface area contributed by atoms with Gasteiger partial charge in [0.2, 0.25) is 0 Å². The first-order valence-electron chi connectivity index (χ1n) is 12.1. The Balaban J connectivity index is 1.63. The molecule has 5 aromatic carbocycles. The van der Waals surface area contributed by atoms with Gasteiger partial charge in [0, 0.05) is 27.3 Å². The van der Waals surface area contributed by atoms with E-state index in [1.54, 1.807) is 11.3 Å². The van der Waals surface area contributed by atoms with E-state index in [0.717, 1.165) is 11.2 Å². The molecule has 1 aliphatic rings. The van der Waals surface area contributed by atoms with Gasteiger partial charge in [0.15, 0.2) is 0 Å². The van der Waals surface area contributed by atoms with Crippen LogP contribution in [0.4, 0.5) is 0 Å². The number of thiazole rings is 1. The molecule has 0 fully saturated rings. The van der Waals surface area contributed by atoms with Gasteiger partial charge in [0.05, 0.1) is 26.8 Å². The number of para-hydroxylation sites is 1. The van der Waals surface area contributed by atoms with Gasteiger partial charge in [-0.25, -0.2) is 4.98 Å². The van der Waals surface area contributed by atoms with Gasteiger partial charge in [-0.1, -0.05) is 80.6 Å². The Morgan fingerprint density at radius 2 is 1.60 bits per heavy atom. The van der Waals surface area contributed by atoms with Crippen LogP contribution < -0.4 is 0 Å². The van der Waals surface area contributed by atoms with Gasteiger partial charge in [-0.05, 0) is 51.9 Å². The number of hydrogen-bond donors (Lipinski definition) is 0. The molecule has 2 aromatic heterocycles. The minimum Gasteiger partial charge on any atom is -0.309 e. The van der Waals surface area contributed by atoms with Gasteiger partial charge in [-0.15, -0.1) is 11.3 Å². The number of nitrogens with zero attached hydrogens (tertiary/aromatic N) is 2. The highest BCUT2D eigenvalue weighted by Crippen LogP contribution is 2.53. The zero-order valence-corrected chi connectivity index (χ0v) is 20.4. The van der Waals surface area contributed by atoms with Crippen molar-refractivity contribution in [1.82, 2.24) is 9.55 Å². The Morgan fingerprint density at radius 1 is 0.771 bits per heavy atom. The summed E-state index contributed by atoms with van der Waals surface area (Å²) in [6, 6.07) is 33.7. The van der Waals surface area contributed by atoms with Crippen LogP contribution in [0.15, 0.2) is 96.5 Å². The molecule has 0 amide bonds. The third kappa shape index (κ3) is 2.41. The van der Waals surface area contributed by atoms with Crippen LogP contribution in [0.1, 0.15) is 25.0 Å². The number of benzene rings is 5. The van der Waals surface area contributed by atoms with E-state index < -0.39 is 0 Å². The minimum absolute atomic E-state index is 0.0291. The summed E-state index contributed by atoms with van der Waals surface area (Å²) in [6.07, 6.45) is 0. The molecular formula is C32H22N2S. The second-order valence-electron chi connectivity index (χ2n) is 10.1. The number of hydrogen-bond acceptors (Lipinski definition) is 2. The molecule has 7 aromatic rings. The van der Waals surface area contributed by atoms with E-state index >= 15 is 0 Å². The lowest BCUT2D eigenvalue weighted by Crippen LogP contribution is -2.14. The molecule has 2 heterocycles. The topological polar surface area (TPSA) is 17.8 Å². The fraction of sp³-hybridized carbons (Fsp3) is 0.0938. The van der Waals surface area contributed by atoms with Crippen LogP contribution in [0.2, 0.25) is 0 Å². The maximum atomic E-state index is 4.62. The minimum atomic E-state index is -0.0291. The molecule has 0 N–H and O–H groups in total. The maximum absolute atomic E-state index is 4.62. The van der Waals surface area contributed by atoms with Crippen molar-refractivity contribution in [2.24, 2.45) is 0 Å². The van der Waals surface area contributed by atoms with Crippen molar-refractivity contribution < 1.29 is 0 Å². The molecule has 0 spiro atoms. The molecule has 0 atom stereocenters. The Hall–Kier alpha value is -3.95. The third-order valence-corrected chi connectivity index (χ3v) is 8.74. The summed E-state index contributed by atoms with van der Waals surface area (Å²) in [4.78, 5) is 4.62. The van der Waals surface area contributed by atoms with Gasteiger partial charge in [-0.3, -0.25) is 0 Å². The number of fused-ring (bicyclic) bond motifs is 10. The standard InChI is InChI=1S/C32H22N2S/c1-32(2)24-9-5-3-8-23(24)30-25(32)15-12-19-11-14-22-21-7-4-6-10-27(21)34(31(22)29(19)30)20-13-16-28-26(17-20)33-18-35-28/h3-18H,1-2H3. The van der Waals surface area contributed by atoms with Crippen LogP contribution in [0, 0.1) is 0 Å². The number of aromatic nitrogens is 2. The molecule has 0 aliphatic heterocycles. The summed E-state index contributed by atoms with van der Waals surface area (Å²) in [6.45, 7) is 4.71. The molecular weight excluding hydrogens is 444 g/mol. The maximum Gasteiger partial charge on any atom is 0.0832 e. The third-order valence-electron chi connectivity index (χ3n) is 7.93. The molecule has 1 aliphatic carbocycles. The van der Waals surface area contributed by atoms with Crippen molar-refractivity contribution in [3.63, 3.8) is 0 Å². The summed E-state index contributed by atoms with van der Waals surface area (Å²) in [5.74, 6) is 0. The van der Waals surface area contributed by atoms with E-state index in [0.29, 0.717) is 0 Å². The van der Waals surface area contributed by atoms with Crippen molar-refractivity contribution in [2.75, 3.05) is 0 Å². The summed E-state index contributed by atoms with van der Waals surface area (Å²) in [5.41, 5.74) is 12.2. The van der Waals surface area contributed by atoms with E-state index in [9.17, 15) is 0 Å². The fourth-order valence-corrected chi connectivity index (χ4v) is 6.97. The zero-order chi connectivity index (χ0) is 23.3. The van der Waals surface area contributed by atoms with Crippen LogP contribution in [-0.2, 0) is 5.41 Å². The lowest BCUT2D eigenvalue weighted by Gasteiger charge is -2.21. The van der Waals surface area contributed by atoms with Crippen LogP contribution in [0.25, 0.3) is 59.6 Å². The van der Waals surface area contributed by atoms with Crippen molar-refractivity contribution in [3.8, 4) is 16.8 Å². The average Bonchev–Trinajstić information content (AvgIpc) is 3.55. The highest BCUT2D eigenvalue weighted by molar-refractivity contribution is 7.16. The predicted molar refractivity (Wildman–Crippen MR) is 149 cm³/mol. The predicted octanol–water partition coefficient (Wildman–Crippen LogP) is 8.85. The SMILES string of the molecule is CC1(C)c2ccccc2-c2c1ccc1ccc3c4ccccc4n(-c4ccc5scnc5c4)c3c21. The monoisotopic (exact) mass is 466 g/mol. The highest BCUT2D eigenvalue weighted by atomic mass is 32.1. The lowest BCUT2D eigenvalue weighted by molar-refractivity contribution is 0.661. The summed E-state index contributed by atoms with van der Waals surface area (Å²) < 4.78 is 3.68. The molecule has 0 bridgehead atoms. The van der Waals surface area contributed by atoms with E-state index in [2.05, 4.69) is 114 Å². The van der Waals surface area contributed by atoms with E-state index in [4.69, 9.17) is 0 Å². The van der Waals surface area contributed by atoms with E-state index in [1.807, 2.05) is 5.51 Å². The van der Waals surface area contributed by atoms with Crippen molar-refractivity contribution in [2.45, 2.75) is 19.3 Å². The molecule has 2 nitrogen and oxygen atoms in total. The zero-order valence-electron chi connectivity index (χ0n) is 19.5. The highest BCUT2D eigenvalue weighted by Gasteiger charge is 2.36. The van der Waals surface area contributed by atoms with Crippen LogP contribution in [-0.4, -0.2) is 9.55 Å². The molecule has 0 unspecified atom stereocenters. The van der Waals surface area contributed by atoms with E-state index in [-0.39, 0.29) is 5.41 Å². The molecule has 35 heavy (non-hydrogen) atoms. The van der Waals surface area contributed by atoms with Crippen molar-refractivity contribution in [1.29, 1.82) is 0 Å². The van der Waals surface area contributed by atoms with E-state index in [1.165, 1.54) is 59.5 Å². The molecule has 0 radical (unpaired) electrons. The molecule has 8 rings (SSSR count). The first-order chi connectivity index (χ1) is 17.1. The molecule has 0 saturated heterocycles. The quantitative estimate of drug-likeness (QED) is 0.236. The second-order valence-corrected chi connectivity index (χ2v) is 11.0. The first kappa shape index (κ1) is 19.4. The summed E-state index contributed by atoms with van der Waals surface area (Å²) in [7, 11) is 0. The number of rotatable bonds is 1. The largest absolute Gasteiger partial charge is 0.309 e. The van der Waals surface area contributed by atoms with Crippen molar-refractivity contribution >= 4 is 54.1 Å². The van der Waals surface area contributed by atoms with Gasteiger partial charge in [-0.2, -0.15) is 0 Å². The Kier molecular flexibility index (Phi) is 3.64. The van der Waals surface area contributed by atoms with Crippen molar-refractivity contribution in [3.05, 3.63) is 108 Å². The van der Waals surface area contributed by atoms with Gasteiger partial charge in [0.25, 0.3) is 0 Å². The summed E-state index contributed by atoms with van der Waals surface area (Å²) >= 11 is 1.69. The smallest absolute Gasteiger partial charge is 0.0832 e. The van der Waals surface area contributed by atoms with Crippen LogP contribution in [0.3, 0.4) is 0 Å². The Bertz CT molecular complexity index is 1990. The summed E-state index contributed by atoms with van der Waals surface area (Å²) in [5, 5.41) is 5.20. The molecule has 3 heteroatoms. The Labute approximate surface area is 207 Å². The van der Waals surface area contributed by atoms with Gasteiger partial charge < -0.3 is 4.57 Å². The molecule has 166 valence electrons. The van der Waals surface area contributed by atoms with Gasteiger partial charge in [0.1, 0.15) is 0 Å². The van der Waals surface area contributed by atoms with Crippen LogP contribution >= 0.6 is 11.3 Å².